The molecule has 0 aromatic heterocycles. The number of nitrogens with one attached hydrogen (secondary N) is 2. The molecular weight excluding hydrogens is 320 g/mol. The van der Waals surface area contributed by atoms with Crippen LogP contribution < -0.4 is 24.8 Å². The van der Waals surface area contributed by atoms with Gasteiger partial charge in [0.15, 0.2) is 11.5 Å². The predicted octanol–water partition coefficient (Wildman–Crippen LogP) is 2.51. The second-order valence-corrected chi connectivity index (χ2v) is 5.80. The van der Waals surface area contributed by atoms with E-state index < -0.39 is 0 Å². The Kier molecular flexibility index (Phi) is 5.28. The van der Waals surface area contributed by atoms with Crippen LogP contribution in [0.4, 0.5) is 4.79 Å². The third kappa shape index (κ3) is 4.15. The predicted molar refractivity (Wildman–Crippen MR) is 94.3 cm³/mol. The number of ether oxygens (including phenoxy) is 3. The minimum Gasteiger partial charge on any atom is -0.493 e. The molecule has 6 heteroatoms. The lowest BCUT2D eigenvalue weighted by Crippen LogP contribution is -2.40. The number of benzene rings is 2. The zero-order valence-electron chi connectivity index (χ0n) is 14.4. The molecule has 0 saturated carbocycles. The number of para-hydroxylation sites is 1. The normalized spacial score (nSPS) is 15.0. The van der Waals surface area contributed by atoms with Gasteiger partial charge in [0.2, 0.25) is 0 Å². The second-order valence-electron chi connectivity index (χ2n) is 5.80. The molecule has 1 atom stereocenters. The number of hydrogen-bond acceptors (Lipinski definition) is 4. The lowest BCUT2D eigenvalue weighted by atomic mass is 10.1. The third-order valence-electron chi connectivity index (χ3n) is 4.11. The molecule has 3 rings (SSSR count). The zero-order valence-corrected chi connectivity index (χ0v) is 14.4. The molecule has 0 fully saturated rings. The number of carbonyl (C=O) groups is 1. The zero-order chi connectivity index (χ0) is 17.6. The number of urea groups is 1. The summed E-state index contributed by atoms with van der Waals surface area (Å²) in [6.07, 6.45) is 0.788. The topological polar surface area (TPSA) is 68.8 Å². The lowest BCUT2D eigenvalue weighted by Gasteiger charge is -2.13. The van der Waals surface area contributed by atoms with Gasteiger partial charge >= 0.3 is 6.03 Å². The summed E-state index contributed by atoms with van der Waals surface area (Å²) in [5.74, 6) is 2.20. The van der Waals surface area contributed by atoms with Crippen LogP contribution in [0.15, 0.2) is 42.5 Å². The summed E-state index contributed by atoms with van der Waals surface area (Å²) in [4.78, 5) is 12.0. The average Bonchev–Trinajstić information content (AvgIpc) is 3.07. The summed E-state index contributed by atoms with van der Waals surface area (Å²) in [5, 5.41) is 5.68. The molecule has 2 aromatic carbocycles. The van der Waals surface area contributed by atoms with E-state index in [-0.39, 0.29) is 12.1 Å². The molecule has 0 radical (unpaired) electrons. The maximum atomic E-state index is 12.0. The van der Waals surface area contributed by atoms with Crippen LogP contribution in [0, 0.1) is 0 Å². The Morgan fingerprint density at radius 2 is 1.92 bits per heavy atom. The molecule has 2 amide bonds. The van der Waals surface area contributed by atoms with Crippen molar-refractivity contribution < 1.29 is 19.0 Å². The van der Waals surface area contributed by atoms with Gasteiger partial charge in [-0.15, -0.1) is 0 Å². The molecule has 132 valence electrons. The van der Waals surface area contributed by atoms with Crippen LogP contribution in [0.3, 0.4) is 0 Å². The van der Waals surface area contributed by atoms with E-state index in [4.69, 9.17) is 14.2 Å². The summed E-state index contributed by atoms with van der Waals surface area (Å²) in [7, 11) is 3.17. The van der Waals surface area contributed by atoms with Crippen molar-refractivity contribution in [1.82, 2.24) is 10.6 Å². The smallest absolute Gasteiger partial charge is 0.315 e. The SMILES string of the molecule is COc1ccc(CNC(=O)NCC2Cc3ccccc3O2)cc1OC. The highest BCUT2D eigenvalue weighted by Crippen LogP contribution is 2.28. The van der Waals surface area contributed by atoms with Gasteiger partial charge in [-0.05, 0) is 29.3 Å². The first-order valence-corrected chi connectivity index (χ1v) is 8.16. The maximum Gasteiger partial charge on any atom is 0.315 e. The third-order valence-corrected chi connectivity index (χ3v) is 4.11. The van der Waals surface area contributed by atoms with Gasteiger partial charge in [-0.2, -0.15) is 0 Å². The molecule has 0 aliphatic carbocycles. The molecule has 25 heavy (non-hydrogen) atoms. The van der Waals surface area contributed by atoms with Gasteiger partial charge in [-0.3, -0.25) is 0 Å². The first-order chi connectivity index (χ1) is 12.2. The first kappa shape index (κ1) is 17.0. The molecule has 0 spiro atoms. The number of methoxy groups -OCH3 is 2. The van der Waals surface area contributed by atoms with E-state index >= 15 is 0 Å². The molecule has 0 bridgehead atoms. The molecule has 2 N–H and O–H groups in total. The van der Waals surface area contributed by atoms with E-state index in [1.54, 1.807) is 14.2 Å². The average molecular weight is 342 g/mol. The highest BCUT2D eigenvalue weighted by Gasteiger charge is 2.22. The number of fused-ring (bicyclic) bond motifs is 1. The van der Waals surface area contributed by atoms with Gasteiger partial charge in [0.1, 0.15) is 11.9 Å². The van der Waals surface area contributed by atoms with Gasteiger partial charge < -0.3 is 24.8 Å². The van der Waals surface area contributed by atoms with Crippen molar-refractivity contribution in [2.45, 2.75) is 19.1 Å². The van der Waals surface area contributed by atoms with Crippen LogP contribution >= 0.6 is 0 Å². The minimum atomic E-state index is -0.227. The molecule has 1 aliphatic rings. The van der Waals surface area contributed by atoms with E-state index in [1.165, 1.54) is 5.56 Å². The highest BCUT2D eigenvalue weighted by molar-refractivity contribution is 5.73. The van der Waals surface area contributed by atoms with Crippen LogP contribution in [0.2, 0.25) is 0 Å². The van der Waals surface area contributed by atoms with Gasteiger partial charge in [0.05, 0.1) is 20.8 Å². The Labute approximate surface area is 147 Å². The second kappa shape index (κ2) is 7.79. The van der Waals surface area contributed by atoms with Crippen molar-refractivity contribution >= 4 is 6.03 Å². The Bertz CT molecular complexity index is 723. The number of carbonyl (C=O) groups excluding carboxylic acids is 1. The molecule has 1 aliphatic heterocycles. The van der Waals surface area contributed by atoms with E-state index in [2.05, 4.69) is 10.6 Å². The molecular formula is C19H22N2O4. The summed E-state index contributed by atoms with van der Waals surface area (Å²) < 4.78 is 16.3. The minimum absolute atomic E-state index is 0.0239. The fraction of sp³-hybridized carbons (Fsp3) is 0.316. The Hall–Kier alpha value is -2.89. The van der Waals surface area contributed by atoms with Crippen molar-refractivity contribution in [3.8, 4) is 17.2 Å². The maximum absolute atomic E-state index is 12.0. The fourth-order valence-corrected chi connectivity index (χ4v) is 2.81. The Balaban J connectivity index is 1.45. The van der Waals surface area contributed by atoms with Gasteiger partial charge in [0, 0.05) is 13.0 Å². The standard InChI is InChI=1S/C19H22N2O4/c1-23-17-8-7-13(9-18(17)24-2)11-20-19(22)21-12-15-10-14-5-3-4-6-16(14)25-15/h3-9,15H,10-12H2,1-2H3,(H2,20,21,22). The largest absolute Gasteiger partial charge is 0.493 e. The highest BCUT2D eigenvalue weighted by atomic mass is 16.5. The molecule has 1 heterocycles. The van der Waals surface area contributed by atoms with E-state index in [0.717, 1.165) is 17.7 Å². The number of hydrogen-bond donors (Lipinski definition) is 2. The van der Waals surface area contributed by atoms with Gasteiger partial charge in [0.25, 0.3) is 0 Å². The molecule has 6 nitrogen and oxygen atoms in total. The summed E-state index contributed by atoms with van der Waals surface area (Å²) in [6.45, 7) is 0.865. The van der Waals surface area contributed by atoms with Crippen molar-refractivity contribution in [2.75, 3.05) is 20.8 Å². The Morgan fingerprint density at radius 3 is 2.68 bits per heavy atom. The van der Waals surface area contributed by atoms with Crippen LogP contribution in [-0.2, 0) is 13.0 Å². The first-order valence-electron chi connectivity index (χ1n) is 8.16. The van der Waals surface area contributed by atoms with Crippen LogP contribution in [0.5, 0.6) is 17.2 Å². The van der Waals surface area contributed by atoms with Gasteiger partial charge in [-0.1, -0.05) is 24.3 Å². The van der Waals surface area contributed by atoms with Crippen molar-refractivity contribution in [2.24, 2.45) is 0 Å². The summed E-state index contributed by atoms with van der Waals surface area (Å²) in [5.41, 5.74) is 2.11. The van der Waals surface area contributed by atoms with Crippen molar-refractivity contribution in [1.29, 1.82) is 0 Å². The molecule has 2 aromatic rings. The lowest BCUT2D eigenvalue weighted by molar-refractivity contribution is 0.214. The van der Waals surface area contributed by atoms with Crippen molar-refractivity contribution in [3.05, 3.63) is 53.6 Å². The van der Waals surface area contributed by atoms with Crippen LogP contribution in [0.25, 0.3) is 0 Å². The number of amides is 2. The monoisotopic (exact) mass is 342 g/mol. The van der Waals surface area contributed by atoms with E-state index in [0.29, 0.717) is 24.6 Å². The molecule has 0 saturated heterocycles. The van der Waals surface area contributed by atoms with Crippen LogP contribution in [0.1, 0.15) is 11.1 Å². The van der Waals surface area contributed by atoms with Gasteiger partial charge in [-0.25, -0.2) is 4.79 Å². The molecule has 1 unspecified atom stereocenters. The fourth-order valence-electron chi connectivity index (χ4n) is 2.81. The number of rotatable bonds is 6. The van der Waals surface area contributed by atoms with E-state index in [9.17, 15) is 4.79 Å². The van der Waals surface area contributed by atoms with E-state index in [1.807, 2.05) is 42.5 Å². The summed E-state index contributed by atoms with van der Waals surface area (Å²) in [6, 6.07) is 13.3. The summed E-state index contributed by atoms with van der Waals surface area (Å²) >= 11 is 0. The Morgan fingerprint density at radius 1 is 1.12 bits per heavy atom. The van der Waals surface area contributed by atoms with Crippen molar-refractivity contribution in [3.63, 3.8) is 0 Å². The quantitative estimate of drug-likeness (QED) is 0.846. The van der Waals surface area contributed by atoms with Crippen LogP contribution in [-0.4, -0.2) is 32.9 Å².